The van der Waals surface area contributed by atoms with Gasteiger partial charge in [0.2, 0.25) is 5.91 Å². The van der Waals surface area contributed by atoms with Gasteiger partial charge < -0.3 is 10.4 Å². The van der Waals surface area contributed by atoms with Crippen LogP contribution < -0.4 is 5.32 Å². The lowest BCUT2D eigenvalue weighted by molar-refractivity contribution is -0.117. The van der Waals surface area contributed by atoms with Gasteiger partial charge in [-0.15, -0.1) is 0 Å². The summed E-state index contributed by atoms with van der Waals surface area (Å²) in [6.07, 6.45) is 5.32. The maximum absolute atomic E-state index is 12.0. The summed E-state index contributed by atoms with van der Waals surface area (Å²) in [5, 5.41) is 12.5. The van der Waals surface area contributed by atoms with Crippen molar-refractivity contribution in [3.8, 4) is 5.75 Å². The van der Waals surface area contributed by atoms with Gasteiger partial charge >= 0.3 is 0 Å². The summed E-state index contributed by atoms with van der Waals surface area (Å²) in [5.74, 6) is 1.46. The van der Waals surface area contributed by atoms with Gasteiger partial charge in [-0.05, 0) is 49.3 Å². The molecule has 1 aliphatic carbocycles. The summed E-state index contributed by atoms with van der Waals surface area (Å²) in [5.41, 5.74) is 1.55. The highest BCUT2D eigenvalue weighted by molar-refractivity contribution is 5.92. The molecule has 1 fully saturated rings. The first kappa shape index (κ1) is 13.9. The minimum Gasteiger partial charge on any atom is -0.506 e. The largest absolute Gasteiger partial charge is 0.506 e. The van der Waals surface area contributed by atoms with Crippen molar-refractivity contribution in [2.24, 2.45) is 11.8 Å². The van der Waals surface area contributed by atoms with Crippen molar-refractivity contribution >= 4 is 11.6 Å². The van der Waals surface area contributed by atoms with E-state index in [4.69, 9.17) is 0 Å². The number of aromatic hydroxyl groups is 1. The van der Waals surface area contributed by atoms with Crippen LogP contribution in [0.4, 0.5) is 5.69 Å². The predicted octanol–water partition coefficient (Wildman–Crippen LogP) is 3.86. The molecule has 0 heterocycles. The van der Waals surface area contributed by atoms with Crippen LogP contribution >= 0.6 is 0 Å². The summed E-state index contributed by atoms with van der Waals surface area (Å²) in [6.45, 7) is 4.22. The van der Waals surface area contributed by atoms with Crippen LogP contribution in [0.2, 0.25) is 0 Å². The van der Waals surface area contributed by atoms with E-state index in [-0.39, 0.29) is 11.7 Å². The first-order valence-corrected chi connectivity index (χ1v) is 7.14. The third-order valence-electron chi connectivity index (χ3n) is 4.04. The molecule has 1 aromatic carbocycles. The first-order chi connectivity index (χ1) is 9.04. The zero-order chi connectivity index (χ0) is 13.8. The molecule has 0 radical (unpaired) electrons. The fraction of sp³-hybridized carbons (Fsp3) is 0.562. The standard InChI is InChI=1S/C16H23NO2/c1-11-3-6-13(7-4-11)10-16(19)17-14-9-12(2)5-8-15(14)18/h5,8-9,11,13,18H,3-4,6-7,10H2,1-2H3,(H,17,19). The first-order valence-electron chi connectivity index (χ1n) is 7.14. The van der Waals surface area contributed by atoms with E-state index in [1.54, 1.807) is 12.1 Å². The molecule has 0 aromatic heterocycles. The second-order valence-corrected chi connectivity index (χ2v) is 5.90. The van der Waals surface area contributed by atoms with Crippen LogP contribution in [0, 0.1) is 18.8 Å². The predicted molar refractivity (Wildman–Crippen MR) is 77.2 cm³/mol. The number of hydrogen-bond acceptors (Lipinski definition) is 2. The molecule has 3 nitrogen and oxygen atoms in total. The van der Waals surface area contributed by atoms with Crippen LogP contribution in [0.15, 0.2) is 18.2 Å². The number of carbonyl (C=O) groups excluding carboxylic acids is 1. The zero-order valence-electron chi connectivity index (χ0n) is 11.8. The Balaban J connectivity index is 1.89. The van der Waals surface area contributed by atoms with Gasteiger partial charge in [-0.25, -0.2) is 0 Å². The van der Waals surface area contributed by atoms with Gasteiger partial charge in [0.1, 0.15) is 5.75 Å². The number of rotatable bonds is 3. The van der Waals surface area contributed by atoms with Gasteiger partial charge in [0.15, 0.2) is 0 Å². The second kappa shape index (κ2) is 6.09. The maximum Gasteiger partial charge on any atom is 0.224 e. The molecule has 0 saturated heterocycles. The quantitative estimate of drug-likeness (QED) is 0.812. The van der Waals surface area contributed by atoms with Gasteiger partial charge in [0, 0.05) is 6.42 Å². The zero-order valence-corrected chi connectivity index (χ0v) is 11.8. The van der Waals surface area contributed by atoms with Crippen molar-refractivity contribution in [2.75, 3.05) is 5.32 Å². The van der Waals surface area contributed by atoms with Crippen molar-refractivity contribution in [1.29, 1.82) is 0 Å². The number of phenols is 1. The Kier molecular flexibility index (Phi) is 4.46. The molecule has 0 spiro atoms. The van der Waals surface area contributed by atoms with Crippen molar-refractivity contribution in [1.82, 2.24) is 0 Å². The van der Waals surface area contributed by atoms with Gasteiger partial charge in [-0.1, -0.05) is 25.8 Å². The number of amides is 1. The topological polar surface area (TPSA) is 49.3 Å². The summed E-state index contributed by atoms with van der Waals surface area (Å²) < 4.78 is 0. The monoisotopic (exact) mass is 261 g/mol. The van der Waals surface area contributed by atoms with Gasteiger partial charge in [0.05, 0.1) is 5.69 Å². The van der Waals surface area contributed by atoms with Crippen LogP contribution in [-0.2, 0) is 4.79 Å². The van der Waals surface area contributed by atoms with Crippen molar-refractivity contribution in [3.63, 3.8) is 0 Å². The highest BCUT2D eigenvalue weighted by Crippen LogP contribution is 2.31. The molecule has 2 rings (SSSR count). The molecule has 104 valence electrons. The molecular weight excluding hydrogens is 238 g/mol. The van der Waals surface area contributed by atoms with E-state index < -0.39 is 0 Å². The lowest BCUT2D eigenvalue weighted by atomic mass is 9.81. The minimum absolute atomic E-state index is 0.0143. The number of carbonyl (C=O) groups is 1. The molecule has 0 atom stereocenters. The van der Waals surface area contributed by atoms with E-state index in [0.29, 0.717) is 18.0 Å². The van der Waals surface area contributed by atoms with Crippen LogP contribution in [-0.4, -0.2) is 11.0 Å². The third kappa shape index (κ3) is 3.98. The van der Waals surface area contributed by atoms with Gasteiger partial charge in [-0.2, -0.15) is 0 Å². The Bertz CT molecular complexity index is 448. The molecule has 0 bridgehead atoms. The summed E-state index contributed by atoms with van der Waals surface area (Å²) >= 11 is 0. The number of hydrogen-bond donors (Lipinski definition) is 2. The molecule has 0 unspecified atom stereocenters. The van der Waals surface area contributed by atoms with Gasteiger partial charge in [0.25, 0.3) is 0 Å². The molecule has 2 N–H and O–H groups in total. The highest BCUT2D eigenvalue weighted by Gasteiger charge is 2.21. The molecule has 3 heteroatoms. The summed E-state index contributed by atoms with van der Waals surface area (Å²) in [7, 11) is 0. The SMILES string of the molecule is Cc1ccc(O)c(NC(=O)CC2CCC(C)CC2)c1. The number of phenolic OH excluding ortho intramolecular Hbond substituents is 1. The van der Waals surface area contributed by atoms with E-state index in [0.717, 1.165) is 24.3 Å². The molecule has 1 aromatic rings. The van der Waals surface area contributed by atoms with Crippen LogP contribution in [0.3, 0.4) is 0 Å². The van der Waals surface area contributed by atoms with Crippen molar-refractivity contribution in [2.45, 2.75) is 46.0 Å². The Labute approximate surface area is 115 Å². The van der Waals surface area contributed by atoms with Crippen molar-refractivity contribution < 1.29 is 9.90 Å². The van der Waals surface area contributed by atoms with E-state index >= 15 is 0 Å². The second-order valence-electron chi connectivity index (χ2n) is 5.90. The summed E-state index contributed by atoms with van der Waals surface area (Å²) in [4.78, 5) is 12.0. The molecule has 0 aliphatic heterocycles. The smallest absolute Gasteiger partial charge is 0.224 e. The van der Waals surface area contributed by atoms with Crippen molar-refractivity contribution in [3.05, 3.63) is 23.8 Å². The number of benzene rings is 1. The lowest BCUT2D eigenvalue weighted by Crippen LogP contribution is -2.20. The Morgan fingerprint density at radius 1 is 1.32 bits per heavy atom. The summed E-state index contributed by atoms with van der Waals surface area (Å²) in [6, 6.07) is 5.25. The number of aryl methyl sites for hydroxylation is 1. The Morgan fingerprint density at radius 3 is 2.68 bits per heavy atom. The van der Waals surface area contributed by atoms with E-state index in [2.05, 4.69) is 12.2 Å². The van der Waals surface area contributed by atoms with Crippen LogP contribution in [0.1, 0.15) is 44.6 Å². The van der Waals surface area contributed by atoms with E-state index in [1.165, 1.54) is 12.8 Å². The average molecular weight is 261 g/mol. The minimum atomic E-state index is 0.0143. The number of anilines is 1. The molecule has 19 heavy (non-hydrogen) atoms. The molecule has 1 aliphatic rings. The normalized spacial score (nSPS) is 23.1. The fourth-order valence-corrected chi connectivity index (χ4v) is 2.75. The van der Waals surface area contributed by atoms with E-state index in [9.17, 15) is 9.90 Å². The van der Waals surface area contributed by atoms with Gasteiger partial charge in [-0.3, -0.25) is 4.79 Å². The third-order valence-corrected chi connectivity index (χ3v) is 4.04. The number of nitrogens with one attached hydrogen (secondary N) is 1. The average Bonchev–Trinajstić information content (AvgIpc) is 2.37. The van der Waals surface area contributed by atoms with Crippen LogP contribution in [0.25, 0.3) is 0 Å². The molecule has 1 saturated carbocycles. The maximum atomic E-state index is 12.0. The van der Waals surface area contributed by atoms with E-state index in [1.807, 2.05) is 13.0 Å². The molecule has 1 amide bonds. The lowest BCUT2D eigenvalue weighted by Gasteiger charge is -2.25. The fourth-order valence-electron chi connectivity index (χ4n) is 2.75. The molecular formula is C16H23NO2. The van der Waals surface area contributed by atoms with Crippen LogP contribution in [0.5, 0.6) is 5.75 Å². The highest BCUT2D eigenvalue weighted by atomic mass is 16.3. The Morgan fingerprint density at radius 2 is 2.00 bits per heavy atom. The Hall–Kier alpha value is -1.51.